The lowest BCUT2D eigenvalue weighted by Crippen LogP contribution is -2.47. The van der Waals surface area contributed by atoms with E-state index in [-0.39, 0.29) is 42.8 Å². The van der Waals surface area contributed by atoms with Crippen molar-refractivity contribution in [3.05, 3.63) is 18.2 Å². The molecule has 1 aromatic rings. The number of sulfonamides is 1. The van der Waals surface area contributed by atoms with Gasteiger partial charge in [0.2, 0.25) is 15.9 Å². The Morgan fingerprint density at radius 1 is 1.12 bits per heavy atom. The van der Waals surface area contributed by atoms with Gasteiger partial charge in [0.15, 0.2) is 11.5 Å². The van der Waals surface area contributed by atoms with E-state index in [1.54, 1.807) is 4.90 Å². The Kier molecular flexibility index (Phi) is 8.69. The second-order valence-corrected chi connectivity index (χ2v) is 9.65. The maximum Gasteiger partial charge on any atom is 0.309 e. The summed E-state index contributed by atoms with van der Waals surface area (Å²) in [7, 11) is -1.10. The molecule has 2 aliphatic heterocycles. The molecule has 1 atom stereocenters. The van der Waals surface area contributed by atoms with Gasteiger partial charge >= 0.3 is 11.8 Å². The molecule has 0 aromatic heterocycles. The standard InChI is InChI=1S/C21H30N4O8S/c1-31-16-7-6-15(13-17(16)32-2)34(29,30)25-11-12-33-19(25)14-23-21(28)20(27)22-8-4-10-24-9-3-5-18(24)26/h6-7,13,19H,3-5,8-12,14H2,1-2H3,(H,22,27)(H,23,28)/t19-/m0/s1. The van der Waals surface area contributed by atoms with E-state index in [1.165, 1.54) is 32.4 Å². The first-order chi connectivity index (χ1) is 16.3. The van der Waals surface area contributed by atoms with Crippen LogP contribution in [0.25, 0.3) is 0 Å². The van der Waals surface area contributed by atoms with Crippen LogP contribution in [0.3, 0.4) is 0 Å². The van der Waals surface area contributed by atoms with Crippen molar-refractivity contribution in [1.82, 2.24) is 19.8 Å². The molecule has 34 heavy (non-hydrogen) atoms. The summed E-state index contributed by atoms with van der Waals surface area (Å²) < 4.78 is 43.2. The molecule has 3 rings (SSSR count). The van der Waals surface area contributed by atoms with Crippen molar-refractivity contribution in [1.29, 1.82) is 0 Å². The van der Waals surface area contributed by atoms with E-state index in [9.17, 15) is 22.8 Å². The number of nitrogens with one attached hydrogen (secondary N) is 2. The van der Waals surface area contributed by atoms with Crippen LogP contribution in [-0.4, -0.2) is 95.1 Å². The second-order valence-electron chi connectivity index (χ2n) is 7.76. The fourth-order valence-corrected chi connectivity index (χ4v) is 5.33. The molecule has 13 heteroatoms. The molecule has 0 aliphatic carbocycles. The molecule has 3 amide bonds. The van der Waals surface area contributed by atoms with E-state index >= 15 is 0 Å². The minimum absolute atomic E-state index is 0.0128. The van der Waals surface area contributed by atoms with Crippen molar-refractivity contribution in [3.8, 4) is 11.5 Å². The Balaban J connectivity index is 1.50. The molecular weight excluding hydrogens is 468 g/mol. The topological polar surface area (TPSA) is 144 Å². The number of likely N-dealkylation sites (tertiary alicyclic amines) is 1. The van der Waals surface area contributed by atoms with Crippen molar-refractivity contribution in [2.75, 3.05) is 53.6 Å². The van der Waals surface area contributed by atoms with Crippen molar-refractivity contribution in [2.45, 2.75) is 30.4 Å². The molecule has 2 fully saturated rings. The quantitative estimate of drug-likeness (QED) is 0.318. The zero-order chi connectivity index (χ0) is 24.7. The van der Waals surface area contributed by atoms with Crippen LogP contribution in [0.15, 0.2) is 23.1 Å². The van der Waals surface area contributed by atoms with Gasteiger partial charge in [0.05, 0.1) is 32.3 Å². The molecule has 188 valence electrons. The van der Waals surface area contributed by atoms with Gasteiger partial charge in [0.25, 0.3) is 0 Å². The van der Waals surface area contributed by atoms with Crippen LogP contribution in [-0.2, 0) is 29.1 Å². The lowest BCUT2D eigenvalue weighted by atomic mass is 10.3. The monoisotopic (exact) mass is 498 g/mol. The van der Waals surface area contributed by atoms with Crippen LogP contribution in [0.4, 0.5) is 0 Å². The Labute approximate surface area is 198 Å². The maximum atomic E-state index is 13.1. The summed E-state index contributed by atoms with van der Waals surface area (Å²) >= 11 is 0. The molecule has 0 unspecified atom stereocenters. The zero-order valence-electron chi connectivity index (χ0n) is 19.2. The number of amides is 3. The van der Waals surface area contributed by atoms with Crippen LogP contribution < -0.4 is 20.1 Å². The van der Waals surface area contributed by atoms with Gasteiger partial charge in [-0.1, -0.05) is 0 Å². The van der Waals surface area contributed by atoms with Crippen molar-refractivity contribution >= 4 is 27.7 Å². The molecule has 2 saturated heterocycles. The van der Waals surface area contributed by atoms with Crippen molar-refractivity contribution in [2.24, 2.45) is 0 Å². The van der Waals surface area contributed by atoms with Gasteiger partial charge in [-0.3, -0.25) is 14.4 Å². The smallest absolute Gasteiger partial charge is 0.309 e. The van der Waals surface area contributed by atoms with Gasteiger partial charge in [-0.25, -0.2) is 8.42 Å². The van der Waals surface area contributed by atoms with Gasteiger partial charge in [0.1, 0.15) is 6.23 Å². The van der Waals surface area contributed by atoms with Gasteiger partial charge in [0, 0.05) is 38.7 Å². The SMILES string of the molecule is COc1ccc(S(=O)(=O)N2CCO[C@H]2CNC(=O)C(=O)NCCCN2CCCC2=O)cc1OC. The highest BCUT2D eigenvalue weighted by Crippen LogP contribution is 2.31. The summed E-state index contributed by atoms with van der Waals surface area (Å²) in [5.74, 6) is -0.968. The highest BCUT2D eigenvalue weighted by atomic mass is 32.2. The summed E-state index contributed by atoms with van der Waals surface area (Å²) in [5, 5.41) is 4.92. The number of ether oxygens (including phenoxy) is 3. The minimum atomic E-state index is -3.96. The molecule has 0 radical (unpaired) electrons. The summed E-state index contributed by atoms with van der Waals surface area (Å²) in [4.78, 5) is 37.5. The fraction of sp³-hybridized carbons (Fsp3) is 0.571. The molecule has 0 saturated carbocycles. The van der Waals surface area contributed by atoms with Crippen LogP contribution in [0.1, 0.15) is 19.3 Å². The highest BCUT2D eigenvalue weighted by Gasteiger charge is 2.37. The first kappa shape index (κ1) is 25.7. The van der Waals surface area contributed by atoms with Gasteiger partial charge in [-0.05, 0) is 25.0 Å². The number of nitrogens with zero attached hydrogens (tertiary/aromatic N) is 2. The number of benzene rings is 1. The second kappa shape index (κ2) is 11.5. The Morgan fingerprint density at radius 2 is 1.85 bits per heavy atom. The highest BCUT2D eigenvalue weighted by molar-refractivity contribution is 7.89. The molecule has 2 heterocycles. The zero-order valence-corrected chi connectivity index (χ0v) is 20.1. The Hall–Kier alpha value is -2.90. The number of methoxy groups -OCH3 is 2. The van der Waals surface area contributed by atoms with Gasteiger partial charge in [-0.2, -0.15) is 4.31 Å². The number of carbonyl (C=O) groups is 3. The van der Waals surface area contributed by atoms with Crippen LogP contribution in [0.5, 0.6) is 11.5 Å². The maximum absolute atomic E-state index is 13.1. The lowest BCUT2D eigenvalue weighted by molar-refractivity contribution is -0.139. The van der Waals surface area contributed by atoms with E-state index < -0.39 is 28.1 Å². The largest absolute Gasteiger partial charge is 0.493 e. The molecule has 2 N–H and O–H groups in total. The summed E-state index contributed by atoms with van der Waals surface area (Å²) in [6.45, 7) is 1.54. The van der Waals surface area contributed by atoms with Crippen molar-refractivity contribution < 1.29 is 37.0 Å². The molecular formula is C21H30N4O8S. The van der Waals surface area contributed by atoms with Crippen LogP contribution in [0.2, 0.25) is 0 Å². The molecule has 1 aromatic carbocycles. The number of hydrogen-bond acceptors (Lipinski definition) is 8. The Morgan fingerprint density at radius 3 is 2.53 bits per heavy atom. The van der Waals surface area contributed by atoms with E-state index in [0.717, 1.165) is 17.3 Å². The number of hydrogen-bond donors (Lipinski definition) is 2. The summed E-state index contributed by atoms with van der Waals surface area (Å²) in [6.07, 6.45) is 0.969. The van der Waals surface area contributed by atoms with E-state index in [2.05, 4.69) is 10.6 Å². The average Bonchev–Trinajstić information content (AvgIpc) is 3.48. The van der Waals surface area contributed by atoms with Crippen LogP contribution in [0, 0.1) is 0 Å². The van der Waals surface area contributed by atoms with Gasteiger partial charge < -0.3 is 29.7 Å². The van der Waals surface area contributed by atoms with Gasteiger partial charge in [-0.15, -0.1) is 0 Å². The fourth-order valence-electron chi connectivity index (χ4n) is 3.81. The third-order valence-corrected chi connectivity index (χ3v) is 7.49. The molecule has 0 bridgehead atoms. The molecule has 12 nitrogen and oxygen atoms in total. The third kappa shape index (κ3) is 5.96. The Bertz CT molecular complexity index is 1020. The summed E-state index contributed by atoms with van der Waals surface area (Å²) in [5.41, 5.74) is 0. The van der Waals surface area contributed by atoms with E-state index in [1.807, 2.05) is 0 Å². The predicted octanol–water partition coefficient (Wildman–Crippen LogP) is -0.704. The average molecular weight is 499 g/mol. The van der Waals surface area contributed by atoms with E-state index in [4.69, 9.17) is 14.2 Å². The predicted molar refractivity (Wildman–Crippen MR) is 120 cm³/mol. The number of carbonyl (C=O) groups excluding carboxylic acids is 3. The first-order valence-electron chi connectivity index (χ1n) is 11.0. The van der Waals surface area contributed by atoms with E-state index in [0.29, 0.717) is 25.1 Å². The number of rotatable bonds is 10. The third-order valence-electron chi connectivity index (χ3n) is 5.61. The normalized spacial score (nSPS) is 18.7. The van der Waals surface area contributed by atoms with Crippen molar-refractivity contribution in [3.63, 3.8) is 0 Å². The summed E-state index contributed by atoms with van der Waals surface area (Å²) in [6, 6.07) is 4.24. The lowest BCUT2D eigenvalue weighted by Gasteiger charge is -2.23. The molecule has 0 spiro atoms. The molecule has 2 aliphatic rings. The van der Waals surface area contributed by atoms with Crippen LogP contribution >= 0.6 is 0 Å². The first-order valence-corrected chi connectivity index (χ1v) is 12.4. The minimum Gasteiger partial charge on any atom is -0.493 e.